The number of nitrogens with zero attached hydrogens (tertiary/aromatic N) is 3. The molecular formula is C15H23N3S. The average Bonchev–Trinajstić information content (AvgIpc) is 2.81. The predicted molar refractivity (Wildman–Crippen MR) is 85.7 cm³/mol. The van der Waals surface area contributed by atoms with Gasteiger partial charge in [0.1, 0.15) is 6.67 Å². The second-order valence-corrected chi connectivity index (χ2v) is 5.27. The number of thiol groups is 1. The van der Waals surface area contributed by atoms with Crippen LogP contribution < -0.4 is 5.01 Å². The molecule has 0 unspecified atom stereocenters. The molecule has 4 heteroatoms. The normalized spacial score (nSPS) is 14.9. The molecule has 104 valence electrons. The summed E-state index contributed by atoms with van der Waals surface area (Å²) in [5.41, 5.74) is 1.18. The van der Waals surface area contributed by atoms with Crippen molar-refractivity contribution < 1.29 is 0 Å². The van der Waals surface area contributed by atoms with Crippen molar-refractivity contribution in [3.05, 3.63) is 30.3 Å². The summed E-state index contributed by atoms with van der Waals surface area (Å²) in [6, 6.07) is 10.4. The molecule has 1 aromatic rings. The number of hydrazine groups is 1. The topological polar surface area (TPSA) is 18.8 Å². The monoisotopic (exact) mass is 277 g/mol. The number of benzene rings is 1. The minimum Gasteiger partial charge on any atom is -0.262 e. The predicted octanol–water partition coefficient (Wildman–Crippen LogP) is 3.94. The van der Waals surface area contributed by atoms with E-state index in [0.717, 1.165) is 11.7 Å². The minimum atomic E-state index is 0.678. The van der Waals surface area contributed by atoms with Gasteiger partial charge in [-0.1, -0.05) is 50.8 Å². The van der Waals surface area contributed by atoms with Gasteiger partial charge in [-0.25, -0.2) is 4.99 Å². The maximum Gasteiger partial charge on any atom is 0.177 e. The van der Waals surface area contributed by atoms with Crippen LogP contribution in [0.25, 0.3) is 0 Å². The van der Waals surface area contributed by atoms with Crippen LogP contribution in [0, 0.1) is 0 Å². The molecule has 0 saturated heterocycles. The zero-order valence-electron chi connectivity index (χ0n) is 11.6. The lowest BCUT2D eigenvalue weighted by Crippen LogP contribution is -2.40. The SMILES string of the molecule is CCCCCCCN1C(S)=NCN1c1ccccc1. The van der Waals surface area contributed by atoms with Crippen molar-refractivity contribution >= 4 is 23.5 Å². The Morgan fingerprint density at radius 2 is 1.84 bits per heavy atom. The van der Waals surface area contributed by atoms with Crippen molar-refractivity contribution in [2.75, 3.05) is 18.2 Å². The van der Waals surface area contributed by atoms with E-state index in [1.165, 1.54) is 37.8 Å². The van der Waals surface area contributed by atoms with E-state index in [1.807, 2.05) is 6.07 Å². The Morgan fingerprint density at radius 1 is 1.11 bits per heavy atom. The molecule has 1 aliphatic heterocycles. The summed E-state index contributed by atoms with van der Waals surface area (Å²) >= 11 is 4.47. The summed E-state index contributed by atoms with van der Waals surface area (Å²) < 4.78 is 0. The standard InChI is InChI=1S/C15H23N3S/c1-2-3-4-5-9-12-17-15(19)16-13-18(17)14-10-7-6-8-11-14/h6-8,10-11H,2-5,9,12-13H2,1H3,(H,16,19). The summed E-state index contributed by atoms with van der Waals surface area (Å²) in [6.07, 6.45) is 6.44. The van der Waals surface area contributed by atoms with E-state index >= 15 is 0 Å². The largest absolute Gasteiger partial charge is 0.262 e. The van der Waals surface area contributed by atoms with Gasteiger partial charge in [0, 0.05) is 6.54 Å². The molecule has 0 aromatic heterocycles. The van der Waals surface area contributed by atoms with E-state index < -0.39 is 0 Å². The van der Waals surface area contributed by atoms with Gasteiger partial charge in [-0.2, -0.15) is 0 Å². The lowest BCUT2D eigenvalue weighted by atomic mass is 10.1. The highest BCUT2D eigenvalue weighted by Gasteiger charge is 2.22. The van der Waals surface area contributed by atoms with Crippen molar-refractivity contribution in [2.45, 2.75) is 39.0 Å². The number of amidine groups is 1. The summed E-state index contributed by atoms with van der Waals surface area (Å²) in [5, 5.41) is 5.21. The molecule has 0 amide bonds. The zero-order valence-corrected chi connectivity index (χ0v) is 12.5. The van der Waals surface area contributed by atoms with Crippen LogP contribution in [-0.2, 0) is 0 Å². The highest BCUT2D eigenvalue weighted by Crippen LogP contribution is 2.22. The number of rotatable bonds is 7. The second kappa shape index (κ2) is 7.43. The van der Waals surface area contributed by atoms with E-state index in [-0.39, 0.29) is 0 Å². The molecule has 19 heavy (non-hydrogen) atoms. The molecule has 0 N–H and O–H groups in total. The van der Waals surface area contributed by atoms with Crippen molar-refractivity contribution in [3.8, 4) is 0 Å². The average molecular weight is 277 g/mol. The number of anilines is 1. The van der Waals surface area contributed by atoms with Gasteiger partial charge >= 0.3 is 0 Å². The maximum absolute atomic E-state index is 4.47. The number of para-hydroxylation sites is 1. The van der Waals surface area contributed by atoms with E-state index in [9.17, 15) is 0 Å². The number of aliphatic imine (C=N–C) groups is 1. The van der Waals surface area contributed by atoms with E-state index in [2.05, 4.69) is 58.8 Å². The molecule has 0 fully saturated rings. The lowest BCUT2D eigenvalue weighted by Gasteiger charge is -2.30. The van der Waals surface area contributed by atoms with Crippen LogP contribution in [0.4, 0.5) is 5.69 Å². The molecule has 0 spiro atoms. The summed E-state index contributed by atoms with van der Waals surface area (Å²) in [6.45, 7) is 3.93. The fraction of sp³-hybridized carbons (Fsp3) is 0.533. The Kier molecular flexibility index (Phi) is 5.58. The first-order valence-corrected chi connectivity index (χ1v) is 7.61. The van der Waals surface area contributed by atoms with Crippen LogP contribution in [-0.4, -0.2) is 23.4 Å². The van der Waals surface area contributed by atoms with Crippen molar-refractivity contribution in [1.29, 1.82) is 0 Å². The number of unbranched alkanes of at least 4 members (excludes halogenated alkanes) is 4. The van der Waals surface area contributed by atoms with Gasteiger partial charge in [0.15, 0.2) is 5.17 Å². The van der Waals surface area contributed by atoms with Crippen molar-refractivity contribution in [3.63, 3.8) is 0 Å². The molecule has 0 atom stereocenters. The first-order chi connectivity index (χ1) is 9.33. The fourth-order valence-corrected chi connectivity index (χ4v) is 2.57. The Labute approximate surface area is 121 Å². The highest BCUT2D eigenvalue weighted by atomic mass is 32.1. The summed E-state index contributed by atoms with van der Waals surface area (Å²) in [7, 11) is 0. The molecule has 1 aromatic carbocycles. The molecule has 0 radical (unpaired) electrons. The molecule has 0 aliphatic carbocycles. The van der Waals surface area contributed by atoms with Gasteiger partial charge in [0.05, 0.1) is 5.69 Å². The Balaban J connectivity index is 1.87. The van der Waals surface area contributed by atoms with E-state index in [0.29, 0.717) is 6.67 Å². The zero-order chi connectivity index (χ0) is 13.5. The quantitative estimate of drug-likeness (QED) is 0.601. The Bertz CT molecular complexity index is 405. The van der Waals surface area contributed by atoms with Gasteiger partial charge in [-0.3, -0.25) is 10.0 Å². The third-order valence-electron chi connectivity index (χ3n) is 3.40. The van der Waals surface area contributed by atoms with Gasteiger partial charge in [0.25, 0.3) is 0 Å². The Morgan fingerprint density at radius 3 is 2.58 bits per heavy atom. The van der Waals surface area contributed by atoms with Crippen LogP contribution in [0.5, 0.6) is 0 Å². The maximum atomic E-state index is 4.47. The van der Waals surface area contributed by atoms with Crippen LogP contribution in [0.2, 0.25) is 0 Å². The molecule has 3 nitrogen and oxygen atoms in total. The number of hydrogen-bond acceptors (Lipinski definition) is 3. The Hall–Kier alpha value is -1.16. The van der Waals surface area contributed by atoms with Gasteiger partial charge in [-0.15, -0.1) is 12.6 Å². The third kappa shape index (κ3) is 3.90. The van der Waals surface area contributed by atoms with Gasteiger partial charge in [-0.05, 0) is 18.6 Å². The summed E-state index contributed by atoms with van der Waals surface area (Å²) in [4.78, 5) is 4.42. The second-order valence-electron chi connectivity index (χ2n) is 4.87. The first-order valence-electron chi connectivity index (χ1n) is 7.16. The van der Waals surface area contributed by atoms with Crippen molar-refractivity contribution in [1.82, 2.24) is 5.01 Å². The van der Waals surface area contributed by atoms with Crippen LogP contribution >= 0.6 is 12.6 Å². The molecule has 0 bridgehead atoms. The van der Waals surface area contributed by atoms with Crippen LogP contribution in [0.1, 0.15) is 39.0 Å². The fourth-order valence-electron chi connectivity index (χ4n) is 2.30. The number of hydrogen-bond donors (Lipinski definition) is 1. The van der Waals surface area contributed by atoms with Crippen LogP contribution in [0.15, 0.2) is 35.3 Å². The van der Waals surface area contributed by atoms with E-state index in [1.54, 1.807) is 0 Å². The molecule has 1 aliphatic rings. The van der Waals surface area contributed by atoms with Gasteiger partial charge in [0.2, 0.25) is 0 Å². The highest BCUT2D eigenvalue weighted by molar-refractivity contribution is 7.96. The minimum absolute atomic E-state index is 0.678. The molecule has 1 heterocycles. The van der Waals surface area contributed by atoms with Crippen LogP contribution in [0.3, 0.4) is 0 Å². The smallest absolute Gasteiger partial charge is 0.177 e. The van der Waals surface area contributed by atoms with E-state index in [4.69, 9.17) is 0 Å². The molecule has 0 saturated carbocycles. The first kappa shape index (κ1) is 14.3. The summed E-state index contributed by atoms with van der Waals surface area (Å²) in [5.74, 6) is 0. The lowest BCUT2D eigenvalue weighted by molar-refractivity contribution is 0.401. The molecule has 2 rings (SSSR count). The molecular weight excluding hydrogens is 254 g/mol. The third-order valence-corrected chi connectivity index (χ3v) is 3.77. The van der Waals surface area contributed by atoms with Gasteiger partial charge < -0.3 is 0 Å². The van der Waals surface area contributed by atoms with Crippen molar-refractivity contribution in [2.24, 2.45) is 4.99 Å².